The second-order valence-corrected chi connectivity index (χ2v) is 7.15. The van der Waals surface area contributed by atoms with E-state index in [1.54, 1.807) is 26.1 Å². The highest BCUT2D eigenvalue weighted by atomic mass is 16.6. The third-order valence-electron chi connectivity index (χ3n) is 5.40. The Labute approximate surface area is 166 Å². The molecule has 2 heterocycles. The van der Waals surface area contributed by atoms with Crippen molar-refractivity contribution in [2.75, 3.05) is 33.2 Å². The molecule has 4 rings (SSSR count). The normalized spacial score (nSPS) is 25.5. The van der Waals surface area contributed by atoms with E-state index in [1.165, 1.54) is 24.1 Å². The Kier molecular flexibility index (Phi) is 5.53. The van der Waals surface area contributed by atoms with Crippen LogP contribution in [0.5, 0.6) is 0 Å². The second kappa shape index (κ2) is 7.76. The number of carbonyl (C=O) groups is 1. The van der Waals surface area contributed by atoms with Crippen molar-refractivity contribution in [3.05, 3.63) is 50.1 Å². The minimum atomic E-state index is -0.686. The number of anilines is 1. The first-order valence-electron chi connectivity index (χ1n) is 8.91. The van der Waals surface area contributed by atoms with Gasteiger partial charge < -0.3 is 19.3 Å². The van der Waals surface area contributed by atoms with E-state index in [0.29, 0.717) is 12.0 Å². The highest BCUT2D eigenvalue weighted by molar-refractivity contribution is 5.96. The van der Waals surface area contributed by atoms with Crippen LogP contribution in [0, 0.1) is 26.1 Å². The molecule has 29 heavy (non-hydrogen) atoms. The Balaban J connectivity index is 2.16. The molecule has 2 aliphatic heterocycles. The lowest BCUT2D eigenvalue weighted by Gasteiger charge is -2.53. The van der Waals surface area contributed by atoms with Crippen LogP contribution in [-0.2, 0) is 14.3 Å². The molecule has 0 unspecified atom stereocenters. The number of ether oxygens (including phenoxy) is 2. The van der Waals surface area contributed by atoms with Crippen molar-refractivity contribution in [1.82, 2.24) is 4.90 Å². The summed E-state index contributed by atoms with van der Waals surface area (Å²) in [7, 11) is 6.30. The first-order chi connectivity index (χ1) is 13.7. The van der Waals surface area contributed by atoms with Crippen LogP contribution in [-0.4, -0.2) is 67.3 Å². The van der Waals surface area contributed by atoms with Gasteiger partial charge in [-0.2, -0.15) is 0 Å². The number of hydrogen-bond donors (Lipinski definition) is 0. The molecular weight excluding hydrogens is 384 g/mol. The number of benzene rings is 1. The average molecular weight is 406 g/mol. The fraction of sp³-hybridized carbons (Fsp3) is 0.500. The first-order valence-corrected chi connectivity index (χ1v) is 8.91. The van der Waals surface area contributed by atoms with E-state index in [1.807, 2.05) is 6.08 Å². The van der Waals surface area contributed by atoms with Crippen molar-refractivity contribution >= 4 is 23.0 Å². The van der Waals surface area contributed by atoms with Gasteiger partial charge >= 0.3 is 0 Å². The number of non-ortho nitro benzene ring substituents is 1. The molecule has 2 bridgehead atoms. The molecule has 0 radical (unpaired) electrons. The summed E-state index contributed by atoms with van der Waals surface area (Å²) in [5, 5.41) is 22.8. The zero-order chi connectivity index (χ0) is 21.5. The zero-order valence-corrected chi connectivity index (χ0v) is 16.5. The summed E-state index contributed by atoms with van der Waals surface area (Å²) in [5.74, 6) is -0.553. The molecule has 1 aliphatic carbocycles. The quantitative estimate of drug-likeness (QED) is 0.516. The van der Waals surface area contributed by atoms with Gasteiger partial charge in [-0.15, -0.1) is 0 Å². The predicted molar refractivity (Wildman–Crippen MR) is 102 cm³/mol. The third kappa shape index (κ3) is 3.42. The lowest BCUT2D eigenvalue weighted by atomic mass is 9.76. The van der Waals surface area contributed by atoms with Crippen LogP contribution in [0.15, 0.2) is 29.8 Å². The smallest absolute Gasteiger partial charge is 0.299 e. The molecule has 1 aromatic rings. The summed E-state index contributed by atoms with van der Waals surface area (Å²) in [4.78, 5) is 37.3. The van der Waals surface area contributed by atoms with Gasteiger partial charge in [-0.05, 0) is 12.5 Å². The molecule has 1 saturated heterocycles. The van der Waals surface area contributed by atoms with Crippen LogP contribution < -0.4 is 4.90 Å². The number of methoxy groups -OCH3 is 2. The van der Waals surface area contributed by atoms with Gasteiger partial charge in [0.05, 0.1) is 28.1 Å². The molecule has 1 aromatic carbocycles. The largest absolute Gasteiger partial charge is 0.381 e. The Morgan fingerprint density at radius 3 is 2.38 bits per heavy atom. The average Bonchev–Trinajstić information content (AvgIpc) is 2.71. The van der Waals surface area contributed by atoms with Crippen LogP contribution in [0.25, 0.3) is 0 Å². The number of nitro benzene ring substituents is 2. The van der Waals surface area contributed by atoms with Crippen LogP contribution in [0.2, 0.25) is 0 Å². The van der Waals surface area contributed by atoms with E-state index in [4.69, 9.17) is 9.47 Å². The van der Waals surface area contributed by atoms with Gasteiger partial charge in [0.25, 0.3) is 17.3 Å². The fourth-order valence-electron chi connectivity index (χ4n) is 4.11. The van der Waals surface area contributed by atoms with E-state index in [2.05, 4.69) is 0 Å². The summed E-state index contributed by atoms with van der Waals surface area (Å²) in [6.45, 7) is 0. The standard InChI is InChI=1S/C18H22N4O7/c1-19(2)17(23)11-8-12-16(28-3)9-14(11)20(18(12)29-4)13-6-5-10(21(24)25)7-15(13)22(26)27/h5-8,12,14,16,18H,9H2,1-4H3/t12-,14-,16-,18-/m0/s1. The molecule has 0 spiro atoms. The molecule has 0 aromatic heterocycles. The number of carbonyl (C=O) groups excluding carboxylic acids is 1. The van der Waals surface area contributed by atoms with E-state index >= 15 is 0 Å². The van der Waals surface area contributed by atoms with Crippen molar-refractivity contribution in [3.8, 4) is 0 Å². The van der Waals surface area contributed by atoms with Gasteiger partial charge in [-0.1, -0.05) is 6.08 Å². The number of fused-ring (bicyclic) bond motifs is 2. The number of likely N-dealkylation sites (N-methyl/N-ethyl adjacent to an activating group) is 1. The Morgan fingerprint density at radius 2 is 1.86 bits per heavy atom. The number of hydrogen-bond acceptors (Lipinski definition) is 8. The predicted octanol–water partition coefficient (Wildman–Crippen LogP) is 1.71. The summed E-state index contributed by atoms with van der Waals surface area (Å²) >= 11 is 0. The van der Waals surface area contributed by atoms with Crippen molar-refractivity contribution < 1.29 is 24.1 Å². The summed E-state index contributed by atoms with van der Waals surface area (Å²) < 4.78 is 11.2. The number of rotatable bonds is 6. The maximum Gasteiger partial charge on any atom is 0.299 e. The summed E-state index contributed by atoms with van der Waals surface area (Å²) in [6, 6.07) is 2.94. The van der Waals surface area contributed by atoms with E-state index < -0.39 is 27.8 Å². The highest BCUT2D eigenvalue weighted by Crippen LogP contribution is 2.46. The Bertz CT molecular complexity index is 885. The van der Waals surface area contributed by atoms with Crippen molar-refractivity contribution in [2.45, 2.75) is 24.8 Å². The molecule has 0 saturated carbocycles. The molecule has 0 N–H and O–H groups in total. The monoisotopic (exact) mass is 406 g/mol. The minimum absolute atomic E-state index is 0.161. The van der Waals surface area contributed by atoms with Gasteiger partial charge in [-0.25, -0.2) is 0 Å². The molecule has 156 valence electrons. The number of piperidine rings is 1. The van der Waals surface area contributed by atoms with Gasteiger partial charge in [0.1, 0.15) is 11.9 Å². The number of nitro groups is 2. The minimum Gasteiger partial charge on any atom is -0.381 e. The highest BCUT2D eigenvalue weighted by Gasteiger charge is 2.51. The van der Waals surface area contributed by atoms with E-state index in [9.17, 15) is 25.0 Å². The molecule has 1 amide bonds. The van der Waals surface area contributed by atoms with Gasteiger partial charge in [-0.3, -0.25) is 25.0 Å². The summed E-state index contributed by atoms with van der Waals surface area (Å²) in [6.07, 6.45) is 1.39. The van der Waals surface area contributed by atoms with E-state index in [0.717, 1.165) is 6.07 Å². The maximum atomic E-state index is 12.7. The SMILES string of the molecule is CO[C@H]1C[C@H]2C(C(=O)N(C)C)=C[C@@H]1[C@H](OC)N2c1ccc([N+](=O)[O-])cc1[N+](=O)[O-]. The van der Waals surface area contributed by atoms with Crippen LogP contribution in [0.3, 0.4) is 0 Å². The first kappa shape index (κ1) is 20.7. The van der Waals surface area contributed by atoms with E-state index in [-0.39, 0.29) is 29.3 Å². The Morgan fingerprint density at radius 1 is 1.17 bits per heavy atom. The number of nitrogens with zero attached hydrogens (tertiary/aromatic N) is 4. The fourth-order valence-corrected chi connectivity index (χ4v) is 4.11. The van der Waals surface area contributed by atoms with Crippen LogP contribution in [0.4, 0.5) is 17.1 Å². The molecule has 3 aliphatic rings. The van der Waals surface area contributed by atoms with Crippen molar-refractivity contribution in [2.24, 2.45) is 5.92 Å². The zero-order valence-electron chi connectivity index (χ0n) is 16.5. The van der Waals surface area contributed by atoms with Gasteiger partial charge in [0.2, 0.25) is 0 Å². The molecular formula is C18H22N4O7. The van der Waals surface area contributed by atoms with Crippen LogP contribution in [0.1, 0.15) is 6.42 Å². The second-order valence-electron chi connectivity index (χ2n) is 7.15. The lowest BCUT2D eigenvalue weighted by molar-refractivity contribution is -0.393. The third-order valence-corrected chi connectivity index (χ3v) is 5.40. The molecule has 1 fully saturated rings. The van der Waals surface area contributed by atoms with Crippen molar-refractivity contribution in [1.29, 1.82) is 0 Å². The topological polar surface area (TPSA) is 128 Å². The Hall–Kier alpha value is -3.05. The van der Waals surface area contributed by atoms with Crippen molar-refractivity contribution in [3.63, 3.8) is 0 Å². The molecule has 11 heteroatoms. The molecule has 11 nitrogen and oxygen atoms in total. The summed E-state index contributed by atoms with van der Waals surface area (Å²) in [5.41, 5.74) is -0.144. The van der Waals surface area contributed by atoms with Crippen LogP contribution >= 0.6 is 0 Å². The molecule has 4 atom stereocenters. The van der Waals surface area contributed by atoms with Gasteiger partial charge in [0.15, 0.2) is 0 Å². The number of amides is 1. The maximum absolute atomic E-state index is 12.7. The van der Waals surface area contributed by atoms with Gasteiger partial charge in [0, 0.05) is 45.9 Å². The lowest BCUT2D eigenvalue weighted by Crippen LogP contribution is -2.62.